The molecule has 0 bridgehead atoms. The minimum absolute atomic E-state index is 0.748. The Morgan fingerprint density at radius 3 is 2.71 bits per heavy atom. The Morgan fingerprint density at radius 2 is 2.14 bits per heavy atom. The highest BCUT2D eigenvalue weighted by atomic mass is 16.5. The summed E-state index contributed by atoms with van der Waals surface area (Å²) in [4.78, 5) is 0. The highest BCUT2D eigenvalue weighted by Gasteiger charge is 1.93. The lowest BCUT2D eigenvalue weighted by Crippen LogP contribution is -1.93. The van der Waals surface area contributed by atoms with Gasteiger partial charge in [-0.3, -0.25) is 0 Å². The van der Waals surface area contributed by atoms with Crippen molar-refractivity contribution in [3.63, 3.8) is 0 Å². The molecule has 0 aliphatic rings. The van der Waals surface area contributed by atoms with Crippen LogP contribution < -0.4 is 0 Å². The van der Waals surface area contributed by atoms with E-state index in [1.165, 1.54) is 12.0 Å². The van der Waals surface area contributed by atoms with Crippen LogP contribution in [0.1, 0.15) is 32.6 Å². The molecule has 0 rings (SSSR count). The molecule has 1 heteroatoms. The van der Waals surface area contributed by atoms with Gasteiger partial charge in [0.15, 0.2) is 0 Å². The van der Waals surface area contributed by atoms with Crippen LogP contribution in [-0.4, -0.2) is 13.7 Å². The Morgan fingerprint density at radius 1 is 1.36 bits per heavy atom. The summed E-state index contributed by atoms with van der Waals surface area (Å²) in [5.74, 6) is 0. The molecule has 80 valence electrons. The Kier molecular flexibility index (Phi) is 9.66. The molecule has 1 nitrogen and oxygen atoms in total. The summed E-state index contributed by atoms with van der Waals surface area (Å²) in [5, 5.41) is 0. The average Bonchev–Trinajstić information content (AvgIpc) is 2.20. The van der Waals surface area contributed by atoms with Crippen molar-refractivity contribution in [1.82, 2.24) is 0 Å². The molecule has 0 atom stereocenters. The predicted molar refractivity (Wildman–Crippen MR) is 63.4 cm³/mol. The number of rotatable bonds is 8. The van der Waals surface area contributed by atoms with Crippen LogP contribution in [0.4, 0.5) is 0 Å². The normalized spacial score (nSPS) is 12.3. The summed E-state index contributed by atoms with van der Waals surface area (Å²) >= 11 is 0. The van der Waals surface area contributed by atoms with Crippen molar-refractivity contribution in [3.8, 4) is 0 Å². The topological polar surface area (TPSA) is 9.23 Å². The molecule has 0 N–H and O–H groups in total. The van der Waals surface area contributed by atoms with Crippen molar-refractivity contribution in [2.24, 2.45) is 0 Å². The maximum atomic E-state index is 5.14. The van der Waals surface area contributed by atoms with Crippen molar-refractivity contribution in [2.45, 2.75) is 32.6 Å². The zero-order valence-corrected chi connectivity index (χ0v) is 9.46. The molecule has 0 aliphatic heterocycles. The fourth-order valence-electron chi connectivity index (χ4n) is 1.22. The van der Waals surface area contributed by atoms with Gasteiger partial charge in [-0.15, -0.1) is 6.58 Å². The van der Waals surface area contributed by atoms with Gasteiger partial charge in [-0.2, -0.15) is 0 Å². The third-order valence-corrected chi connectivity index (χ3v) is 1.99. The second-order valence-corrected chi connectivity index (χ2v) is 3.29. The van der Waals surface area contributed by atoms with Gasteiger partial charge >= 0.3 is 0 Å². The standard InChI is InChI=1S/C13H22O/c1-4-6-8-9-11-13(12-14-3)10-7-5-2/h4-5,7,11H,1,6,8-10,12H2,2-3H3/b7-5+,13-11+. The Hall–Kier alpha value is -0.820. The van der Waals surface area contributed by atoms with E-state index in [-0.39, 0.29) is 0 Å². The van der Waals surface area contributed by atoms with Crippen LogP contribution in [0, 0.1) is 0 Å². The summed E-state index contributed by atoms with van der Waals surface area (Å²) in [6, 6.07) is 0. The number of hydrogen-bond acceptors (Lipinski definition) is 1. The molecular weight excluding hydrogens is 172 g/mol. The first kappa shape index (κ1) is 13.2. The molecule has 0 aromatic heterocycles. The lowest BCUT2D eigenvalue weighted by molar-refractivity contribution is 0.224. The van der Waals surface area contributed by atoms with Gasteiger partial charge < -0.3 is 4.74 Å². The molecule has 0 amide bonds. The number of allylic oxidation sites excluding steroid dienone is 4. The van der Waals surface area contributed by atoms with E-state index in [2.05, 4.69) is 24.8 Å². The molecule has 0 unspecified atom stereocenters. The van der Waals surface area contributed by atoms with Gasteiger partial charge in [0.1, 0.15) is 0 Å². The molecule has 0 heterocycles. The van der Waals surface area contributed by atoms with Crippen LogP contribution in [0.15, 0.2) is 36.5 Å². The van der Waals surface area contributed by atoms with Gasteiger partial charge in [0.25, 0.3) is 0 Å². The number of unbranched alkanes of at least 4 members (excludes halogenated alkanes) is 2. The molecule has 0 saturated heterocycles. The molecule has 0 aromatic carbocycles. The van der Waals surface area contributed by atoms with E-state index in [0.29, 0.717) is 0 Å². The highest BCUT2D eigenvalue weighted by molar-refractivity contribution is 5.07. The van der Waals surface area contributed by atoms with Crippen molar-refractivity contribution in [3.05, 3.63) is 36.5 Å². The van der Waals surface area contributed by atoms with Crippen molar-refractivity contribution < 1.29 is 4.74 Å². The summed E-state index contributed by atoms with van der Waals surface area (Å²) < 4.78 is 5.14. The average molecular weight is 194 g/mol. The van der Waals surface area contributed by atoms with E-state index in [9.17, 15) is 0 Å². The summed E-state index contributed by atoms with van der Waals surface area (Å²) in [6.07, 6.45) is 12.9. The van der Waals surface area contributed by atoms with E-state index in [1.54, 1.807) is 7.11 Å². The van der Waals surface area contributed by atoms with Gasteiger partial charge in [-0.1, -0.05) is 24.3 Å². The van der Waals surface area contributed by atoms with Crippen molar-refractivity contribution in [2.75, 3.05) is 13.7 Å². The number of methoxy groups -OCH3 is 1. The minimum Gasteiger partial charge on any atom is -0.380 e. The van der Waals surface area contributed by atoms with Crippen molar-refractivity contribution in [1.29, 1.82) is 0 Å². The first-order valence-electron chi connectivity index (χ1n) is 5.24. The van der Waals surface area contributed by atoms with Gasteiger partial charge in [-0.25, -0.2) is 0 Å². The van der Waals surface area contributed by atoms with E-state index in [1.807, 2.05) is 13.0 Å². The Balaban J connectivity index is 3.83. The third kappa shape index (κ3) is 7.81. The van der Waals surface area contributed by atoms with E-state index >= 15 is 0 Å². The first-order chi connectivity index (χ1) is 6.85. The second kappa shape index (κ2) is 10.3. The van der Waals surface area contributed by atoms with Gasteiger partial charge in [0.05, 0.1) is 6.61 Å². The maximum absolute atomic E-state index is 5.14. The Labute approximate surface area is 88.2 Å². The fourth-order valence-corrected chi connectivity index (χ4v) is 1.22. The largest absolute Gasteiger partial charge is 0.380 e. The van der Waals surface area contributed by atoms with Gasteiger partial charge in [0, 0.05) is 7.11 Å². The second-order valence-electron chi connectivity index (χ2n) is 3.29. The zero-order valence-electron chi connectivity index (χ0n) is 9.46. The lowest BCUT2D eigenvalue weighted by Gasteiger charge is -2.03. The summed E-state index contributed by atoms with van der Waals surface area (Å²) in [5.41, 5.74) is 1.37. The first-order valence-corrected chi connectivity index (χ1v) is 5.24. The van der Waals surface area contributed by atoms with Crippen molar-refractivity contribution >= 4 is 0 Å². The fraction of sp³-hybridized carbons (Fsp3) is 0.538. The quantitative estimate of drug-likeness (QED) is 0.421. The van der Waals surface area contributed by atoms with Gasteiger partial charge in [-0.05, 0) is 38.2 Å². The third-order valence-electron chi connectivity index (χ3n) is 1.99. The predicted octanol–water partition coefficient (Wildman–Crippen LogP) is 3.88. The molecule has 0 aliphatic carbocycles. The van der Waals surface area contributed by atoms with E-state index in [4.69, 9.17) is 4.74 Å². The lowest BCUT2D eigenvalue weighted by atomic mass is 10.1. The van der Waals surface area contributed by atoms with E-state index < -0.39 is 0 Å². The minimum atomic E-state index is 0.748. The molecule has 0 aromatic rings. The molecule has 0 radical (unpaired) electrons. The van der Waals surface area contributed by atoms with Crippen LogP contribution in [0.2, 0.25) is 0 Å². The smallest absolute Gasteiger partial charge is 0.0676 e. The molecule has 14 heavy (non-hydrogen) atoms. The molecule has 0 saturated carbocycles. The highest BCUT2D eigenvalue weighted by Crippen LogP contribution is 2.07. The van der Waals surface area contributed by atoms with Crippen LogP contribution in [0.5, 0.6) is 0 Å². The SMILES string of the molecule is C=CCCC/C=C(\C/C=C/C)COC. The Bertz CT molecular complexity index is 189. The monoisotopic (exact) mass is 194 g/mol. The number of ether oxygens (including phenoxy) is 1. The molecular formula is C13H22O. The maximum Gasteiger partial charge on any atom is 0.0676 e. The summed E-state index contributed by atoms with van der Waals surface area (Å²) in [7, 11) is 1.74. The zero-order chi connectivity index (χ0) is 10.6. The van der Waals surface area contributed by atoms with Crippen LogP contribution >= 0.6 is 0 Å². The van der Waals surface area contributed by atoms with E-state index in [0.717, 1.165) is 25.9 Å². The van der Waals surface area contributed by atoms with Crippen LogP contribution in [0.25, 0.3) is 0 Å². The molecule has 0 spiro atoms. The van der Waals surface area contributed by atoms with Gasteiger partial charge in [0.2, 0.25) is 0 Å². The molecule has 0 fully saturated rings. The summed E-state index contributed by atoms with van der Waals surface area (Å²) in [6.45, 7) is 6.50. The van der Waals surface area contributed by atoms with Crippen LogP contribution in [0.3, 0.4) is 0 Å². The number of hydrogen-bond donors (Lipinski definition) is 0. The van der Waals surface area contributed by atoms with Crippen LogP contribution in [-0.2, 0) is 4.74 Å².